The predicted molar refractivity (Wildman–Crippen MR) is 101 cm³/mol. The third-order valence-electron chi connectivity index (χ3n) is 4.47. The van der Waals surface area contributed by atoms with Gasteiger partial charge in [-0.25, -0.2) is 4.98 Å². The molecule has 0 bridgehead atoms. The summed E-state index contributed by atoms with van der Waals surface area (Å²) in [5, 5.41) is 9.65. The lowest BCUT2D eigenvalue weighted by molar-refractivity contribution is -0.686. The lowest BCUT2D eigenvalue weighted by Crippen LogP contribution is -2.80. The SMILES string of the molecule is c1ccc(-c2[nH]ncc2C[NH2+]Cc2ccc(Cn3ccnc3)cc2)cc1. The summed E-state index contributed by atoms with van der Waals surface area (Å²) in [4.78, 5) is 4.08. The molecule has 0 aliphatic rings. The van der Waals surface area contributed by atoms with Crippen LogP contribution < -0.4 is 5.32 Å². The summed E-state index contributed by atoms with van der Waals surface area (Å²) in [5.74, 6) is 0. The maximum Gasteiger partial charge on any atom is 0.105 e. The lowest BCUT2D eigenvalue weighted by Gasteiger charge is -2.06. The van der Waals surface area contributed by atoms with E-state index in [1.807, 2.05) is 31.0 Å². The zero-order chi connectivity index (χ0) is 17.6. The fourth-order valence-corrected chi connectivity index (χ4v) is 3.09. The molecule has 0 radical (unpaired) electrons. The van der Waals surface area contributed by atoms with Gasteiger partial charge in [0.1, 0.15) is 13.1 Å². The summed E-state index contributed by atoms with van der Waals surface area (Å²) in [6.45, 7) is 2.71. The predicted octanol–water partition coefficient (Wildman–Crippen LogP) is 2.59. The Kier molecular flexibility index (Phi) is 4.89. The Balaban J connectivity index is 1.33. The standard InChI is InChI=1S/C21H21N5/c1-2-4-19(5-3-1)21-20(14-24-25-21)13-23-12-17-6-8-18(9-7-17)15-26-11-10-22-16-26/h1-11,14,16,23H,12-13,15H2,(H,24,25)/p+1. The molecule has 0 saturated heterocycles. The fraction of sp³-hybridized carbons (Fsp3) is 0.143. The molecule has 0 unspecified atom stereocenters. The van der Waals surface area contributed by atoms with Crippen LogP contribution in [0.5, 0.6) is 0 Å². The van der Waals surface area contributed by atoms with E-state index < -0.39 is 0 Å². The lowest BCUT2D eigenvalue weighted by atomic mass is 10.1. The van der Waals surface area contributed by atoms with Gasteiger partial charge in [0.15, 0.2) is 0 Å². The number of aromatic amines is 1. The van der Waals surface area contributed by atoms with Crippen molar-refractivity contribution in [1.82, 2.24) is 19.7 Å². The number of rotatable bonds is 7. The van der Waals surface area contributed by atoms with Gasteiger partial charge in [0.25, 0.3) is 0 Å². The molecule has 0 atom stereocenters. The number of nitrogens with one attached hydrogen (secondary N) is 1. The van der Waals surface area contributed by atoms with Crippen LogP contribution >= 0.6 is 0 Å². The second-order valence-electron chi connectivity index (χ2n) is 6.38. The maximum atomic E-state index is 4.22. The largest absolute Gasteiger partial charge is 0.339 e. The number of aromatic nitrogens is 4. The molecule has 130 valence electrons. The third kappa shape index (κ3) is 3.90. The molecule has 0 aliphatic carbocycles. The van der Waals surface area contributed by atoms with Gasteiger partial charge in [0, 0.05) is 30.1 Å². The molecule has 4 rings (SSSR count). The first-order chi connectivity index (χ1) is 12.9. The fourth-order valence-electron chi connectivity index (χ4n) is 3.09. The summed E-state index contributed by atoms with van der Waals surface area (Å²) >= 11 is 0. The quantitative estimate of drug-likeness (QED) is 0.541. The van der Waals surface area contributed by atoms with E-state index in [2.05, 4.69) is 73.6 Å². The van der Waals surface area contributed by atoms with Crippen molar-refractivity contribution in [3.63, 3.8) is 0 Å². The van der Waals surface area contributed by atoms with Gasteiger partial charge < -0.3 is 9.88 Å². The number of quaternary nitrogens is 1. The van der Waals surface area contributed by atoms with Gasteiger partial charge in [-0.05, 0) is 5.56 Å². The molecule has 2 aromatic heterocycles. The second-order valence-corrected chi connectivity index (χ2v) is 6.38. The molecule has 0 spiro atoms. The smallest absolute Gasteiger partial charge is 0.105 e. The van der Waals surface area contributed by atoms with Crippen LogP contribution in [0, 0.1) is 0 Å². The average molecular weight is 344 g/mol. The summed E-state index contributed by atoms with van der Waals surface area (Å²) in [7, 11) is 0. The van der Waals surface area contributed by atoms with E-state index in [-0.39, 0.29) is 0 Å². The van der Waals surface area contributed by atoms with E-state index in [4.69, 9.17) is 0 Å². The van der Waals surface area contributed by atoms with E-state index in [9.17, 15) is 0 Å². The van der Waals surface area contributed by atoms with Crippen LogP contribution in [0.15, 0.2) is 79.5 Å². The first-order valence-electron chi connectivity index (χ1n) is 8.81. The highest BCUT2D eigenvalue weighted by atomic mass is 15.1. The minimum atomic E-state index is 0.861. The van der Waals surface area contributed by atoms with Crippen molar-refractivity contribution in [3.8, 4) is 11.3 Å². The Morgan fingerprint density at radius 3 is 2.50 bits per heavy atom. The van der Waals surface area contributed by atoms with Crippen molar-refractivity contribution in [3.05, 3.63) is 96.2 Å². The molecule has 2 heterocycles. The number of hydrogen-bond donors (Lipinski definition) is 2. The molecule has 2 aromatic carbocycles. The van der Waals surface area contributed by atoms with E-state index in [1.165, 1.54) is 22.3 Å². The summed E-state index contributed by atoms with van der Waals surface area (Å²) in [6, 6.07) is 19.1. The zero-order valence-corrected chi connectivity index (χ0v) is 14.5. The van der Waals surface area contributed by atoms with Crippen molar-refractivity contribution in [1.29, 1.82) is 0 Å². The van der Waals surface area contributed by atoms with Crippen LogP contribution in [0.25, 0.3) is 11.3 Å². The molecule has 0 amide bonds. The first kappa shape index (κ1) is 16.3. The molecular weight excluding hydrogens is 322 g/mol. The van der Waals surface area contributed by atoms with Crippen molar-refractivity contribution < 1.29 is 5.32 Å². The number of benzene rings is 2. The van der Waals surface area contributed by atoms with Crippen molar-refractivity contribution in [2.75, 3.05) is 0 Å². The Hall–Kier alpha value is -3.18. The zero-order valence-electron chi connectivity index (χ0n) is 14.5. The summed E-state index contributed by atoms with van der Waals surface area (Å²) < 4.78 is 2.07. The molecular formula is C21H22N5+. The van der Waals surface area contributed by atoms with Crippen molar-refractivity contribution >= 4 is 0 Å². The molecule has 5 heteroatoms. The first-order valence-corrected chi connectivity index (χ1v) is 8.81. The molecule has 3 N–H and O–H groups in total. The van der Waals surface area contributed by atoms with E-state index >= 15 is 0 Å². The van der Waals surface area contributed by atoms with Crippen LogP contribution in [0.4, 0.5) is 0 Å². The average Bonchev–Trinajstić information content (AvgIpc) is 3.36. The third-order valence-corrected chi connectivity index (χ3v) is 4.47. The minimum Gasteiger partial charge on any atom is -0.339 e. The van der Waals surface area contributed by atoms with Crippen LogP contribution in [-0.4, -0.2) is 19.7 Å². The van der Waals surface area contributed by atoms with Crippen LogP contribution in [0.2, 0.25) is 0 Å². The van der Waals surface area contributed by atoms with Gasteiger partial charge in [-0.2, -0.15) is 5.10 Å². The molecule has 0 aliphatic heterocycles. The second kappa shape index (κ2) is 7.80. The normalized spacial score (nSPS) is 10.9. The highest BCUT2D eigenvalue weighted by Crippen LogP contribution is 2.19. The minimum absolute atomic E-state index is 0.861. The molecule has 0 saturated carbocycles. The van der Waals surface area contributed by atoms with Gasteiger partial charge in [-0.1, -0.05) is 54.6 Å². The molecule has 4 aromatic rings. The molecule has 5 nitrogen and oxygen atoms in total. The Labute approximate surface area is 152 Å². The number of H-pyrrole nitrogens is 1. The van der Waals surface area contributed by atoms with Gasteiger partial charge in [-0.3, -0.25) is 5.10 Å². The van der Waals surface area contributed by atoms with E-state index in [0.29, 0.717) is 0 Å². The topological polar surface area (TPSA) is 63.1 Å². The van der Waals surface area contributed by atoms with Gasteiger partial charge >= 0.3 is 0 Å². The van der Waals surface area contributed by atoms with E-state index in [1.54, 1.807) is 0 Å². The van der Waals surface area contributed by atoms with Gasteiger partial charge in [0.2, 0.25) is 0 Å². The number of nitrogens with zero attached hydrogens (tertiary/aromatic N) is 3. The number of nitrogens with two attached hydrogens (primary N) is 1. The Morgan fingerprint density at radius 2 is 1.73 bits per heavy atom. The highest BCUT2D eigenvalue weighted by Gasteiger charge is 2.09. The Bertz CT molecular complexity index is 924. The van der Waals surface area contributed by atoms with Crippen LogP contribution in [0.3, 0.4) is 0 Å². The van der Waals surface area contributed by atoms with Crippen LogP contribution in [-0.2, 0) is 19.6 Å². The Morgan fingerprint density at radius 1 is 0.923 bits per heavy atom. The highest BCUT2D eigenvalue weighted by molar-refractivity contribution is 5.62. The van der Waals surface area contributed by atoms with Crippen molar-refractivity contribution in [2.24, 2.45) is 0 Å². The van der Waals surface area contributed by atoms with Crippen LogP contribution in [0.1, 0.15) is 16.7 Å². The van der Waals surface area contributed by atoms with Crippen molar-refractivity contribution in [2.45, 2.75) is 19.6 Å². The van der Waals surface area contributed by atoms with E-state index in [0.717, 1.165) is 25.3 Å². The maximum absolute atomic E-state index is 4.22. The van der Waals surface area contributed by atoms with Gasteiger partial charge in [-0.15, -0.1) is 0 Å². The van der Waals surface area contributed by atoms with Gasteiger partial charge in [0.05, 0.1) is 23.8 Å². The number of hydrogen-bond acceptors (Lipinski definition) is 2. The monoisotopic (exact) mass is 344 g/mol. The summed E-state index contributed by atoms with van der Waals surface area (Å²) in [5.41, 5.74) is 6.12. The summed E-state index contributed by atoms with van der Waals surface area (Å²) in [6.07, 6.45) is 7.56. The molecule has 0 fully saturated rings. The molecule has 26 heavy (non-hydrogen) atoms. The number of imidazole rings is 1.